The summed E-state index contributed by atoms with van der Waals surface area (Å²) >= 11 is 0.913. The molecule has 138 valence electrons. The van der Waals surface area contributed by atoms with Gasteiger partial charge in [-0.3, -0.25) is 24.3 Å². The monoisotopic (exact) mass is 381 g/mol. The third kappa shape index (κ3) is 4.62. The molecule has 1 saturated heterocycles. The molecule has 1 aliphatic heterocycles. The van der Waals surface area contributed by atoms with Gasteiger partial charge in [0.25, 0.3) is 17.1 Å². The lowest BCUT2D eigenvalue weighted by Crippen LogP contribution is -2.37. The molecule has 1 aromatic carbocycles. The molecule has 1 aromatic heterocycles. The van der Waals surface area contributed by atoms with Crippen LogP contribution in [0.3, 0.4) is 0 Å². The number of carbonyl (C=O) groups is 3. The van der Waals surface area contributed by atoms with E-state index < -0.39 is 0 Å². The van der Waals surface area contributed by atoms with E-state index in [1.165, 1.54) is 6.20 Å². The van der Waals surface area contributed by atoms with Crippen LogP contribution in [-0.4, -0.2) is 40.0 Å². The Labute approximate surface area is 161 Å². The Morgan fingerprint density at radius 2 is 1.89 bits per heavy atom. The molecule has 3 amide bonds. The normalized spacial score (nSPS) is 15.5. The fourth-order valence-corrected chi connectivity index (χ4v) is 3.36. The topological polar surface area (TPSA) is 79.4 Å². The maximum absolute atomic E-state index is 12.5. The molecule has 0 atom stereocenters. The maximum atomic E-state index is 12.5. The second kappa shape index (κ2) is 8.18. The van der Waals surface area contributed by atoms with Crippen LogP contribution >= 0.6 is 11.8 Å². The van der Waals surface area contributed by atoms with Gasteiger partial charge in [-0.2, -0.15) is 0 Å². The number of hydrogen-bond donors (Lipinski definition) is 1. The number of aryl methyl sites for hydroxylation is 2. The van der Waals surface area contributed by atoms with Gasteiger partial charge in [0, 0.05) is 25.0 Å². The molecule has 0 bridgehead atoms. The smallest absolute Gasteiger partial charge is 0.293 e. The highest BCUT2D eigenvalue weighted by Gasteiger charge is 2.34. The standard InChI is InChI=1S/C20H19N3O3S/c1-13-3-6-15(7-4-13)11-17-19(25)23(20(26)27-17)10-9-21-18(24)16-8-5-14(2)22-12-16/h3-8,11-12H,9-10H2,1-2H3,(H,21,24)/b17-11-. The molecule has 2 heterocycles. The van der Waals surface area contributed by atoms with E-state index in [9.17, 15) is 14.4 Å². The van der Waals surface area contributed by atoms with Crippen LogP contribution in [0.1, 0.15) is 27.2 Å². The van der Waals surface area contributed by atoms with Crippen molar-refractivity contribution in [3.05, 3.63) is 69.9 Å². The first-order chi connectivity index (χ1) is 12.9. The van der Waals surface area contributed by atoms with Crippen LogP contribution in [0.25, 0.3) is 6.08 Å². The molecule has 3 rings (SSSR count). The number of nitrogens with one attached hydrogen (secondary N) is 1. The van der Waals surface area contributed by atoms with Crippen molar-refractivity contribution in [1.29, 1.82) is 0 Å². The number of carbonyl (C=O) groups excluding carboxylic acids is 3. The Morgan fingerprint density at radius 3 is 2.56 bits per heavy atom. The summed E-state index contributed by atoms with van der Waals surface area (Å²) in [6.45, 7) is 4.13. The number of aromatic nitrogens is 1. The van der Waals surface area contributed by atoms with E-state index in [0.29, 0.717) is 10.5 Å². The molecule has 6 nitrogen and oxygen atoms in total. The van der Waals surface area contributed by atoms with Crippen molar-refractivity contribution in [3.63, 3.8) is 0 Å². The number of rotatable bonds is 5. The van der Waals surface area contributed by atoms with Crippen LogP contribution in [0.5, 0.6) is 0 Å². The van der Waals surface area contributed by atoms with Crippen LogP contribution in [0.15, 0.2) is 47.5 Å². The van der Waals surface area contributed by atoms with E-state index in [2.05, 4.69) is 10.3 Å². The predicted molar refractivity (Wildman–Crippen MR) is 105 cm³/mol. The van der Waals surface area contributed by atoms with Gasteiger partial charge in [-0.25, -0.2) is 0 Å². The van der Waals surface area contributed by atoms with Crippen LogP contribution in [0, 0.1) is 13.8 Å². The number of benzene rings is 1. The van der Waals surface area contributed by atoms with Crippen molar-refractivity contribution in [1.82, 2.24) is 15.2 Å². The molecular weight excluding hydrogens is 362 g/mol. The van der Waals surface area contributed by atoms with Crippen LogP contribution in [-0.2, 0) is 4.79 Å². The fraction of sp³-hybridized carbons (Fsp3) is 0.200. The van der Waals surface area contributed by atoms with Gasteiger partial charge in [-0.1, -0.05) is 29.8 Å². The van der Waals surface area contributed by atoms with Crippen molar-refractivity contribution in [3.8, 4) is 0 Å². The molecule has 1 fully saturated rings. The van der Waals surface area contributed by atoms with Crippen LogP contribution in [0.4, 0.5) is 4.79 Å². The minimum absolute atomic E-state index is 0.126. The van der Waals surface area contributed by atoms with Crippen LogP contribution in [0.2, 0.25) is 0 Å². The summed E-state index contributed by atoms with van der Waals surface area (Å²) in [4.78, 5) is 42.3. The lowest BCUT2D eigenvalue weighted by Gasteiger charge is -2.13. The summed E-state index contributed by atoms with van der Waals surface area (Å²) in [7, 11) is 0. The van der Waals surface area contributed by atoms with Gasteiger partial charge < -0.3 is 5.32 Å². The minimum Gasteiger partial charge on any atom is -0.350 e. The zero-order valence-corrected chi connectivity index (χ0v) is 15.9. The molecule has 0 spiro atoms. The maximum Gasteiger partial charge on any atom is 0.293 e. The number of nitrogens with zero attached hydrogens (tertiary/aromatic N) is 2. The summed E-state index contributed by atoms with van der Waals surface area (Å²) in [5.74, 6) is -0.624. The first kappa shape index (κ1) is 18.8. The van der Waals surface area contributed by atoms with Gasteiger partial charge in [-0.05, 0) is 49.4 Å². The molecule has 0 aliphatic carbocycles. The largest absolute Gasteiger partial charge is 0.350 e. The average molecular weight is 381 g/mol. The Bertz CT molecular complexity index is 905. The molecule has 0 radical (unpaired) electrons. The second-order valence-electron chi connectivity index (χ2n) is 6.19. The second-order valence-corrected chi connectivity index (χ2v) is 7.18. The molecule has 1 N–H and O–H groups in total. The molecule has 0 unspecified atom stereocenters. The third-order valence-corrected chi connectivity index (χ3v) is 4.95. The summed E-state index contributed by atoms with van der Waals surface area (Å²) in [6, 6.07) is 11.1. The van der Waals surface area contributed by atoms with Gasteiger partial charge >= 0.3 is 0 Å². The van der Waals surface area contributed by atoms with E-state index in [1.54, 1.807) is 18.2 Å². The van der Waals surface area contributed by atoms with E-state index in [4.69, 9.17) is 0 Å². The van der Waals surface area contributed by atoms with E-state index in [-0.39, 0.29) is 30.1 Å². The quantitative estimate of drug-likeness (QED) is 0.805. The van der Waals surface area contributed by atoms with Crippen molar-refractivity contribution in [2.45, 2.75) is 13.8 Å². The highest BCUT2D eigenvalue weighted by molar-refractivity contribution is 8.18. The van der Waals surface area contributed by atoms with Gasteiger partial charge in [0.1, 0.15) is 0 Å². The fourth-order valence-electron chi connectivity index (χ4n) is 2.49. The van der Waals surface area contributed by atoms with Crippen LogP contribution < -0.4 is 5.32 Å². The van der Waals surface area contributed by atoms with Gasteiger partial charge in [0.05, 0.1) is 10.5 Å². The van der Waals surface area contributed by atoms with Crippen molar-refractivity contribution in [2.75, 3.05) is 13.1 Å². The van der Waals surface area contributed by atoms with E-state index in [0.717, 1.165) is 33.5 Å². The predicted octanol–water partition coefficient (Wildman–Crippen LogP) is 3.16. The van der Waals surface area contributed by atoms with Gasteiger partial charge in [-0.15, -0.1) is 0 Å². The van der Waals surface area contributed by atoms with Gasteiger partial charge in [0.15, 0.2) is 0 Å². The molecular formula is C20H19N3O3S. The molecule has 7 heteroatoms. The Balaban J connectivity index is 1.58. The first-order valence-electron chi connectivity index (χ1n) is 8.47. The third-order valence-electron chi connectivity index (χ3n) is 4.04. The first-order valence-corrected chi connectivity index (χ1v) is 9.28. The Hall–Kier alpha value is -2.93. The average Bonchev–Trinajstić information content (AvgIpc) is 2.91. The molecule has 1 aliphatic rings. The van der Waals surface area contributed by atoms with E-state index >= 15 is 0 Å². The number of amides is 3. The zero-order chi connectivity index (χ0) is 19.4. The summed E-state index contributed by atoms with van der Waals surface area (Å²) in [5.41, 5.74) is 3.25. The Kier molecular flexibility index (Phi) is 5.71. The van der Waals surface area contributed by atoms with Crippen molar-refractivity contribution in [2.24, 2.45) is 0 Å². The lowest BCUT2D eigenvalue weighted by molar-refractivity contribution is -0.122. The lowest BCUT2D eigenvalue weighted by atomic mass is 10.1. The molecule has 0 saturated carbocycles. The van der Waals surface area contributed by atoms with Crippen molar-refractivity contribution < 1.29 is 14.4 Å². The minimum atomic E-state index is -0.336. The number of pyridine rings is 1. The highest BCUT2D eigenvalue weighted by atomic mass is 32.2. The summed E-state index contributed by atoms with van der Waals surface area (Å²) in [5, 5.41) is 2.37. The van der Waals surface area contributed by atoms with Crippen molar-refractivity contribution >= 4 is 34.9 Å². The number of imide groups is 1. The summed E-state index contributed by atoms with van der Waals surface area (Å²) < 4.78 is 0. The molecule has 2 aromatic rings. The number of hydrogen-bond acceptors (Lipinski definition) is 5. The highest BCUT2D eigenvalue weighted by Crippen LogP contribution is 2.31. The van der Waals surface area contributed by atoms with Gasteiger partial charge in [0.2, 0.25) is 0 Å². The number of thioether (sulfide) groups is 1. The Morgan fingerprint density at radius 1 is 1.15 bits per heavy atom. The van der Waals surface area contributed by atoms with E-state index in [1.807, 2.05) is 38.1 Å². The SMILES string of the molecule is Cc1ccc(/C=C2\SC(=O)N(CCNC(=O)c3ccc(C)nc3)C2=O)cc1. The zero-order valence-electron chi connectivity index (χ0n) is 15.1. The summed E-state index contributed by atoms with van der Waals surface area (Å²) in [6.07, 6.45) is 3.20. The molecule has 27 heavy (non-hydrogen) atoms.